The number of aliphatic hydroxyl groups excluding tert-OH is 1. The molecule has 6 nitrogen and oxygen atoms in total. The van der Waals surface area contributed by atoms with Gasteiger partial charge in [-0.05, 0) is 45.4 Å². The number of hydrogen-bond acceptors (Lipinski definition) is 5. The van der Waals surface area contributed by atoms with Crippen LogP contribution in [0.15, 0.2) is 54.6 Å². The third-order valence-corrected chi connectivity index (χ3v) is 4.47. The minimum absolute atomic E-state index is 0.0572. The second-order valence-electron chi connectivity index (χ2n) is 7.82. The standard InChI is InChI=1S/C23H30N2O4/c1-17(29-22(28)19-12-8-9-13-20(19)24-14-15-26)21(27)25(23(2,3)4)16-18-10-6-5-7-11-18/h5-13,17,24,26H,14-16H2,1-4H3/t17-/m1/s1. The van der Waals surface area contributed by atoms with E-state index in [9.17, 15) is 9.59 Å². The van der Waals surface area contributed by atoms with Crippen molar-refractivity contribution in [2.75, 3.05) is 18.5 Å². The zero-order valence-electron chi connectivity index (χ0n) is 17.5. The monoisotopic (exact) mass is 398 g/mol. The van der Waals surface area contributed by atoms with Gasteiger partial charge in [-0.25, -0.2) is 4.79 Å². The van der Waals surface area contributed by atoms with Crippen molar-refractivity contribution in [2.24, 2.45) is 0 Å². The maximum atomic E-state index is 13.1. The highest BCUT2D eigenvalue weighted by Crippen LogP contribution is 2.21. The maximum Gasteiger partial charge on any atom is 0.341 e. The molecule has 0 aliphatic carbocycles. The fraction of sp³-hybridized carbons (Fsp3) is 0.391. The number of ether oxygens (including phenoxy) is 1. The highest BCUT2D eigenvalue weighted by atomic mass is 16.5. The molecule has 0 saturated carbocycles. The number of para-hydroxylation sites is 1. The Morgan fingerprint density at radius 3 is 2.31 bits per heavy atom. The van der Waals surface area contributed by atoms with Gasteiger partial charge < -0.3 is 20.1 Å². The minimum atomic E-state index is -0.934. The highest BCUT2D eigenvalue weighted by Gasteiger charge is 2.32. The number of carbonyl (C=O) groups excluding carboxylic acids is 2. The zero-order chi connectivity index (χ0) is 21.4. The summed E-state index contributed by atoms with van der Waals surface area (Å²) in [5, 5.41) is 12.0. The second kappa shape index (κ2) is 10.1. The molecule has 29 heavy (non-hydrogen) atoms. The molecule has 0 aliphatic heterocycles. The van der Waals surface area contributed by atoms with Gasteiger partial charge in [-0.2, -0.15) is 0 Å². The molecule has 2 N–H and O–H groups in total. The van der Waals surface area contributed by atoms with E-state index in [-0.39, 0.29) is 12.5 Å². The summed E-state index contributed by atoms with van der Waals surface area (Å²) in [6.07, 6.45) is -0.934. The Labute approximate surface area is 172 Å². The minimum Gasteiger partial charge on any atom is -0.449 e. The molecule has 2 rings (SSSR count). The summed E-state index contributed by atoms with van der Waals surface area (Å²) in [6.45, 7) is 8.14. The van der Waals surface area contributed by atoms with Crippen molar-refractivity contribution in [3.8, 4) is 0 Å². The van der Waals surface area contributed by atoms with Crippen molar-refractivity contribution < 1.29 is 19.4 Å². The van der Waals surface area contributed by atoms with E-state index in [4.69, 9.17) is 9.84 Å². The van der Waals surface area contributed by atoms with Gasteiger partial charge in [0.05, 0.1) is 12.2 Å². The second-order valence-corrected chi connectivity index (χ2v) is 7.82. The van der Waals surface area contributed by atoms with Crippen molar-refractivity contribution in [1.29, 1.82) is 0 Å². The predicted octanol–water partition coefficient (Wildman–Crippen LogP) is 3.46. The Kier molecular flexibility index (Phi) is 7.79. The number of benzene rings is 2. The molecule has 0 bridgehead atoms. The Morgan fingerprint density at radius 2 is 1.69 bits per heavy atom. The number of esters is 1. The lowest BCUT2D eigenvalue weighted by atomic mass is 10.0. The Balaban J connectivity index is 2.14. The van der Waals surface area contributed by atoms with Crippen LogP contribution >= 0.6 is 0 Å². The van der Waals surface area contributed by atoms with E-state index in [0.717, 1.165) is 5.56 Å². The fourth-order valence-corrected chi connectivity index (χ4v) is 2.91. The molecule has 0 aliphatic rings. The lowest BCUT2D eigenvalue weighted by Gasteiger charge is -2.37. The first-order chi connectivity index (χ1) is 13.7. The fourth-order valence-electron chi connectivity index (χ4n) is 2.91. The molecule has 0 heterocycles. The van der Waals surface area contributed by atoms with Gasteiger partial charge in [-0.1, -0.05) is 42.5 Å². The van der Waals surface area contributed by atoms with Crippen LogP contribution in [0.1, 0.15) is 43.6 Å². The van der Waals surface area contributed by atoms with Crippen LogP contribution in [0.3, 0.4) is 0 Å². The van der Waals surface area contributed by atoms with E-state index in [1.807, 2.05) is 51.1 Å². The summed E-state index contributed by atoms with van der Waals surface area (Å²) in [4.78, 5) is 27.5. The molecular formula is C23H30N2O4. The van der Waals surface area contributed by atoms with Gasteiger partial charge in [0.1, 0.15) is 0 Å². The van der Waals surface area contributed by atoms with Crippen LogP contribution in [-0.2, 0) is 16.1 Å². The average molecular weight is 399 g/mol. The summed E-state index contributed by atoms with van der Waals surface area (Å²) in [5.41, 5.74) is 1.45. The number of carbonyl (C=O) groups is 2. The van der Waals surface area contributed by atoms with Crippen LogP contribution in [0.5, 0.6) is 0 Å². The van der Waals surface area contributed by atoms with Crippen molar-refractivity contribution in [1.82, 2.24) is 4.90 Å². The van der Waals surface area contributed by atoms with E-state index in [0.29, 0.717) is 24.3 Å². The SMILES string of the molecule is C[C@@H](OC(=O)c1ccccc1NCCO)C(=O)N(Cc1ccccc1)C(C)(C)C. The Bertz CT molecular complexity index is 815. The third-order valence-electron chi connectivity index (χ3n) is 4.47. The highest BCUT2D eigenvalue weighted by molar-refractivity contribution is 5.97. The molecule has 0 aromatic heterocycles. The van der Waals surface area contributed by atoms with Gasteiger partial charge in [-0.3, -0.25) is 4.79 Å². The lowest BCUT2D eigenvalue weighted by Crippen LogP contribution is -2.49. The molecule has 156 valence electrons. The van der Waals surface area contributed by atoms with E-state index >= 15 is 0 Å². The van der Waals surface area contributed by atoms with Crippen molar-refractivity contribution >= 4 is 17.6 Å². The largest absolute Gasteiger partial charge is 0.449 e. The quantitative estimate of drug-likeness (QED) is 0.666. The van der Waals surface area contributed by atoms with Gasteiger partial charge >= 0.3 is 5.97 Å². The van der Waals surface area contributed by atoms with Gasteiger partial charge in [0.15, 0.2) is 6.10 Å². The van der Waals surface area contributed by atoms with Crippen LogP contribution in [0.25, 0.3) is 0 Å². The molecule has 2 aromatic rings. The first-order valence-corrected chi connectivity index (χ1v) is 9.74. The molecule has 6 heteroatoms. The van der Waals surface area contributed by atoms with Crippen LogP contribution in [-0.4, -0.2) is 46.7 Å². The summed E-state index contributed by atoms with van der Waals surface area (Å²) in [7, 11) is 0. The lowest BCUT2D eigenvalue weighted by molar-refractivity contribution is -0.145. The van der Waals surface area contributed by atoms with Crippen LogP contribution in [0, 0.1) is 0 Å². The van der Waals surface area contributed by atoms with E-state index in [1.165, 1.54) is 0 Å². The average Bonchev–Trinajstić information content (AvgIpc) is 2.70. The van der Waals surface area contributed by atoms with Crippen molar-refractivity contribution in [3.63, 3.8) is 0 Å². The molecule has 0 saturated heterocycles. The first-order valence-electron chi connectivity index (χ1n) is 9.74. The maximum absolute atomic E-state index is 13.1. The first kappa shape index (κ1) is 22.4. The summed E-state index contributed by atoms with van der Waals surface area (Å²) in [6, 6.07) is 16.6. The number of aliphatic hydroxyl groups is 1. The third kappa shape index (κ3) is 6.32. The zero-order valence-corrected chi connectivity index (χ0v) is 17.5. The van der Waals surface area contributed by atoms with E-state index in [2.05, 4.69) is 5.32 Å². The van der Waals surface area contributed by atoms with Gasteiger partial charge in [0.25, 0.3) is 5.91 Å². The normalized spacial score (nSPS) is 12.2. The smallest absolute Gasteiger partial charge is 0.341 e. The van der Waals surface area contributed by atoms with Crippen molar-refractivity contribution in [3.05, 3.63) is 65.7 Å². The molecule has 2 aromatic carbocycles. The number of amides is 1. The van der Waals surface area contributed by atoms with Gasteiger partial charge in [0.2, 0.25) is 0 Å². The molecule has 1 atom stereocenters. The summed E-state index contributed by atoms with van der Waals surface area (Å²) < 4.78 is 5.50. The summed E-state index contributed by atoms with van der Waals surface area (Å²) >= 11 is 0. The van der Waals surface area contributed by atoms with Gasteiger partial charge in [0, 0.05) is 24.3 Å². The van der Waals surface area contributed by atoms with E-state index < -0.39 is 17.6 Å². The van der Waals surface area contributed by atoms with Crippen molar-refractivity contribution in [2.45, 2.75) is 45.9 Å². The Hall–Kier alpha value is -2.86. The summed E-state index contributed by atoms with van der Waals surface area (Å²) in [5.74, 6) is -0.837. The Morgan fingerprint density at radius 1 is 1.07 bits per heavy atom. The van der Waals surface area contributed by atoms with Crippen LogP contribution < -0.4 is 5.32 Å². The molecule has 0 spiro atoms. The number of hydrogen-bond donors (Lipinski definition) is 2. The van der Waals surface area contributed by atoms with Gasteiger partial charge in [-0.15, -0.1) is 0 Å². The van der Waals surface area contributed by atoms with E-state index in [1.54, 1.807) is 36.1 Å². The van der Waals surface area contributed by atoms with Crippen LogP contribution in [0.4, 0.5) is 5.69 Å². The van der Waals surface area contributed by atoms with Crippen LogP contribution in [0.2, 0.25) is 0 Å². The number of nitrogens with one attached hydrogen (secondary N) is 1. The molecule has 1 amide bonds. The predicted molar refractivity (Wildman–Crippen MR) is 114 cm³/mol. The topological polar surface area (TPSA) is 78.9 Å². The number of rotatable bonds is 8. The molecule has 0 radical (unpaired) electrons. The number of anilines is 1. The molecule has 0 fully saturated rings. The molecular weight excluding hydrogens is 368 g/mol. The number of nitrogens with zero attached hydrogens (tertiary/aromatic N) is 1. The molecule has 0 unspecified atom stereocenters.